The summed E-state index contributed by atoms with van der Waals surface area (Å²) in [5, 5.41) is 14.9. The first-order valence-electron chi connectivity index (χ1n) is 6.70. The number of nitrogens with zero attached hydrogens (tertiary/aromatic N) is 2. The minimum Gasteiger partial charge on any atom is -0.504 e. The van der Waals surface area contributed by atoms with Gasteiger partial charge in [-0.05, 0) is 19.3 Å². The summed E-state index contributed by atoms with van der Waals surface area (Å²) in [7, 11) is 0. The predicted molar refractivity (Wildman–Crippen MR) is 71.5 cm³/mol. The van der Waals surface area contributed by atoms with Crippen molar-refractivity contribution in [2.45, 2.75) is 72.3 Å². The standard InChI is InChI=1S/C14H26N2O/c1-6-8-9-11-12(17)13(14(3,4)5)16(15-11)10-7-2/h17H,6-10H2,1-5H3. The fourth-order valence-corrected chi connectivity index (χ4v) is 2.13. The molecule has 0 spiro atoms. The number of rotatable bonds is 5. The van der Waals surface area contributed by atoms with Gasteiger partial charge in [-0.2, -0.15) is 5.10 Å². The fraction of sp³-hybridized carbons (Fsp3) is 0.786. The highest BCUT2D eigenvalue weighted by Crippen LogP contribution is 2.34. The van der Waals surface area contributed by atoms with Gasteiger partial charge in [0, 0.05) is 12.0 Å². The first-order valence-corrected chi connectivity index (χ1v) is 6.70. The number of unbranched alkanes of at least 4 members (excludes halogenated alkanes) is 1. The van der Waals surface area contributed by atoms with Crippen LogP contribution in [0.5, 0.6) is 5.75 Å². The summed E-state index contributed by atoms with van der Waals surface area (Å²) in [6.07, 6.45) is 4.13. The Labute approximate surface area is 105 Å². The lowest BCUT2D eigenvalue weighted by atomic mass is 9.90. The van der Waals surface area contributed by atoms with Crippen LogP contribution in [0.1, 0.15) is 65.3 Å². The topological polar surface area (TPSA) is 38.0 Å². The maximum atomic E-state index is 10.3. The smallest absolute Gasteiger partial charge is 0.160 e. The summed E-state index contributed by atoms with van der Waals surface area (Å²) in [5.41, 5.74) is 1.78. The Morgan fingerprint density at radius 1 is 1.18 bits per heavy atom. The zero-order valence-corrected chi connectivity index (χ0v) is 11.9. The summed E-state index contributed by atoms with van der Waals surface area (Å²) in [4.78, 5) is 0. The van der Waals surface area contributed by atoms with Crippen LogP contribution in [0, 0.1) is 0 Å². The van der Waals surface area contributed by atoms with Crippen LogP contribution in [-0.2, 0) is 18.4 Å². The van der Waals surface area contributed by atoms with Crippen LogP contribution in [-0.4, -0.2) is 14.9 Å². The molecule has 0 radical (unpaired) electrons. The summed E-state index contributed by atoms with van der Waals surface area (Å²) >= 11 is 0. The summed E-state index contributed by atoms with van der Waals surface area (Å²) in [5.74, 6) is 0.416. The highest BCUT2D eigenvalue weighted by molar-refractivity contribution is 5.37. The molecule has 0 bridgehead atoms. The van der Waals surface area contributed by atoms with Crippen LogP contribution in [0.4, 0.5) is 0 Å². The number of hydrogen-bond donors (Lipinski definition) is 1. The minimum absolute atomic E-state index is 0.0588. The van der Waals surface area contributed by atoms with Gasteiger partial charge in [0.2, 0.25) is 0 Å². The second-order valence-corrected chi connectivity index (χ2v) is 5.72. The molecule has 1 rings (SSSR count). The van der Waals surface area contributed by atoms with Gasteiger partial charge >= 0.3 is 0 Å². The largest absolute Gasteiger partial charge is 0.504 e. The maximum Gasteiger partial charge on any atom is 0.160 e. The number of aryl methyl sites for hydroxylation is 2. The zero-order chi connectivity index (χ0) is 13.1. The number of aromatic hydroxyl groups is 1. The summed E-state index contributed by atoms with van der Waals surface area (Å²) < 4.78 is 1.99. The van der Waals surface area contributed by atoms with E-state index >= 15 is 0 Å². The molecule has 1 aromatic heterocycles. The Hall–Kier alpha value is -0.990. The Morgan fingerprint density at radius 2 is 1.82 bits per heavy atom. The van der Waals surface area contributed by atoms with Crippen molar-refractivity contribution in [1.82, 2.24) is 9.78 Å². The molecule has 1 aromatic rings. The molecule has 0 aliphatic carbocycles. The second kappa shape index (κ2) is 5.56. The quantitative estimate of drug-likeness (QED) is 0.850. The van der Waals surface area contributed by atoms with Crippen LogP contribution in [0.2, 0.25) is 0 Å². The van der Waals surface area contributed by atoms with E-state index in [2.05, 4.69) is 39.7 Å². The third kappa shape index (κ3) is 3.24. The van der Waals surface area contributed by atoms with Gasteiger partial charge in [-0.3, -0.25) is 4.68 Å². The molecule has 1 heterocycles. The lowest BCUT2D eigenvalue weighted by Gasteiger charge is -2.20. The van der Waals surface area contributed by atoms with Crippen LogP contribution >= 0.6 is 0 Å². The Kier molecular flexibility index (Phi) is 4.61. The van der Waals surface area contributed by atoms with E-state index in [9.17, 15) is 5.11 Å². The van der Waals surface area contributed by atoms with Crippen molar-refractivity contribution < 1.29 is 5.11 Å². The molecule has 0 aromatic carbocycles. The molecule has 0 saturated carbocycles. The Balaban J connectivity index is 3.11. The molecule has 3 nitrogen and oxygen atoms in total. The van der Waals surface area contributed by atoms with Crippen LogP contribution in [0.15, 0.2) is 0 Å². The van der Waals surface area contributed by atoms with E-state index in [0.717, 1.165) is 43.6 Å². The van der Waals surface area contributed by atoms with Gasteiger partial charge in [-0.15, -0.1) is 0 Å². The fourth-order valence-electron chi connectivity index (χ4n) is 2.13. The molecule has 3 heteroatoms. The molecule has 17 heavy (non-hydrogen) atoms. The normalized spacial score (nSPS) is 12.1. The molecule has 0 unspecified atom stereocenters. The van der Waals surface area contributed by atoms with Gasteiger partial charge in [0.1, 0.15) is 5.69 Å². The molecule has 0 fully saturated rings. The molecule has 0 saturated heterocycles. The SMILES string of the molecule is CCCCc1nn(CCC)c(C(C)(C)C)c1O. The Bertz CT molecular complexity index is 361. The summed E-state index contributed by atoms with van der Waals surface area (Å²) in [6, 6.07) is 0. The maximum absolute atomic E-state index is 10.3. The van der Waals surface area contributed by atoms with Crippen molar-refractivity contribution in [1.29, 1.82) is 0 Å². The van der Waals surface area contributed by atoms with Crippen molar-refractivity contribution in [2.24, 2.45) is 0 Å². The van der Waals surface area contributed by atoms with E-state index in [1.807, 2.05) is 4.68 Å². The number of aromatic nitrogens is 2. The van der Waals surface area contributed by atoms with E-state index in [0.29, 0.717) is 5.75 Å². The van der Waals surface area contributed by atoms with E-state index in [1.54, 1.807) is 0 Å². The second-order valence-electron chi connectivity index (χ2n) is 5.72. The molecular formula is C14H26N2O. The molecule has 0 aliphatic rings. The first kappa shape index (κ1) is 14.1. The molecule has 1 N–H and O–H groups in total. The van der Waals surface area contributed by atoms with E-state index in [1.165, 1.54) is 0 Å². The van der Waals surface area contributed by atoms with Crippen LogP contribution < -0.4 is 0 Å². The van der Waals surface area contributed by atoms with Gasteiger partial charge in [-0.25, -0.2) is 0 Å². The molecule has 98 valence electrons. The molecule has 0 amide bonds. The van der Waals surface area contributed by atoms with Crippen molar-refractivity contribution in [3.05, 3.63) is 11.4 Å². The van der Waals surface area contributed by atoms with Crippen molar-refractivity contribution in [3.63, 3.8) is 0 Å². The van der Waals surface area contributed by atoms with Crippen molar-refractivity contribution in [3.8, 4) is 5.75 Å². The highest BCUT2D eigenvalue weighted by Gasteiger charge is 2.26. The van der Waals surface area contributed by atoms with Gasteiger partial charge < -0.3 is 5.11 Å². The lowest BCUT2D eigenvalue weighted by Crippen LogP contribution is -2.18. The van der Waals surface area contributed by atoms with E-state index in [4.69, 9.17) is 0 Å². The summed E-state index contributed by atoms with van der Waals surface area (Å²) in [6.45, 7) is 11.5. The average molecular weight is 238 g/mol. The van der Waals surface area contributed by atoms with Crippen LogP contribution in [0.3, 0.4) is 0 Å². The van der Waals surface area contributed by atoms with Gasteiger partial charge in [-0.1, -0.05) is 41.0 Å². The lowest BCUT2D eigenvalue weighted by molar-refractivity contribution is 0.421. The number of hydrogen-bond acceptors (Lipinski definition) is 2. The zero-order valence-electron chi connectivity index (χ0n) is 11.9. The van der Waals surface area contributed by atoms with Gasteiger partial charge in [0.15, 0.2) is 5.75 Å². The molecular weight excluding hydrogens is 212 g/mol. The monoisotopic (exact) mass is 238 g/mol. The highest BCUT2D eigenvalue weighted by atomic mass is 16.3. The first-order chi connectivity index (χ1) is 7.91. The molecule has 0 atom stereocenters. The minimum atomic E-state index is -0.0588. The van der Waals surface area contributed by atoms with Crippen molar-refractivity contribution in [2.75, 3.05) is 0 Å². The third-order valence-electron chi connectivity index (χ3n) is 2.91. The van der Waals surface area contributed by atoms with Gasteiger partial charge in [0.05, 0.1) is 5.69 Å². The Morgan fingerprint density at radius 3 is 2.29 bits per heavy atom. The molecule has 0 aliphatic heterocycles. The van der Waals surface area contributed by atoms with Gasteiger partial charge in [0.25, 0.3) is 0 Å². The van der Waals surface area contributed by atoms with E-state index < -0.39 is 0 Å². The predicted octanol–water partition coefficient (Wildman–Crippen LogP) is 3.64. The third-order valence-corrected chi connectivity index (χ3v) is 2.91. The van der Waals surface area contributed by atoms with Crippen LogP contribution in [0.25, 0.3) is 0 Å². The average Bonchev–Trinajstić information content (AvgIpc) is 2.52. The van der Waals surface area contributed by atoms with E-state index in [-0.39, 0.29) is 5.41 Å². The van der Waals surface area contributed by atoms with Crippen molar-refractivity contribution >= 4 is 0 Å².